The summed E-state index contributed by atoms with van der Waals surface area (Å²) < 4.78 is 17.5. The van der Waals surface area contributed by atoms with Crippen molar-refractivity contribution in [2.75, 3.05) is 33.5 Å². The summed E-state index contributed by atoms with van der Waals surface area (Å²) in [6.45, 7) is 7.23. The van der Waals surface area contributed by atoms with Crippen molar-refractivity contribution in [2.45, 2.75) is 39.0 Å². The maximum Gasteiger partial charge on any atom is 0.156 e. The van der Waals surface area contributed by atoms with Crippen molar-refractivity contribution in [1.82, 2.24) is 9.55 Å². The molecule has 0 aliphatic rings. The third-order valence-electron chi connectivity index (χ3n) is 2.89. The molecule has 6 heteroatoms. The van der Waals surface area contributed by atoms with Gasteiger partial charge in [-0.05, 0) is 5.92 Å². The summed E-state index contributed by atoms with van der Waals surface area (Å²) in [5.74, 6) is 0.452. The molecule has 1 rings (SSSR count). The lowest BCUT2D eigenvalue weighted by Gasteiger charge is -2.09. The Morgan fingerprint density at radius 2 is 1.90 bits per heavy atom. The molecule has 1 N–H and O–H groups in total. The van der Waals surface area contributed by atoms with Crippen LogP contribution in [0.25, 0.3) is 0 Å². The zero-order chi connectivity index (χ0) is 14.8. The van der Waals surface area contributed by atoms with Gasteiger partial charge in [0.25, 0.3) is 0 Å². The molecule has 1 unspecified atom stereocenters. The Bertz CT molecular complexity index is 355. The van der Waals surface area contributed by atoms with Gasteiger partial charge in [-0.2, -0.15) is 0 Å². The average Bonchev–Trinajstić information content (AvgIpc) is 2.90. The van der Waals surface area contributed by atoms with E-state index < -0.39 is 6.29 Å². The van der Waals surface area contributed by atoms with Gasteiger partial charge in [-0.15, -0.1) is 0 Å². The second-order valence-corrected chi connectivity index (χ2v) is 4.89. The van der Waals surface area contributed by atoms with Crippen LogP contribution in [0.3, 0.4) is 0 Å². The molecule has 0 amide bonds. The summed E-state index contributed by atoms with van der Waals surface area (Å²) in [7, 11) is 1.47. The molecule has 0 aliphatic carbocycles. The van der Waals surface area contributed by atoms with Crippen molar-refractivity contribution in [3.8, 4) is 0 Å². The normalized spacial score (nSPS) is 13.1. The molecule has 116 valence electrons. The Kier molecular flexibility index (Phi) is 8.45. The lowest BCUT2D eigenvalue weighted by molar-refractivity contribution is -0.0919. The predicted molar refractivity (Wildman–Crippen MR) is 75.6 cm³/mol. The van der Waals surface area contributed by atoms with E-state index in [1.54, 1.807) is 0 Å². The van der Waals surface area contributed by atoms with E-state index in [1.165, 1.54) is 7.11 Å². The molecule has 0 bridgehead atoms. The fourth-order valence-electron chi connectivity index (χ4n) is 1.59. The number of hydrogen-bond donors (Lipinski definition) is 1. The molecule has 0 saturated heterocycles. The lowest BCUT2D eigenvalue weighted by atomic mass is 10.2. The Morgan fingerprint density at radius 1 is 1.20 bits per heavy atom. The number of rotatable bonds is 11. The average molecular weight is 286 g/mol. The van der Waals surface area contributed by atoms with E-state index in [0.29, 0.717) is 38.8 Å². The molecule has 1 aromatic rings. The van der Waals surface area contributed by atoms with E-state index in [1.807, 2.05) is 10.9 Å². The summed E-state index contributed by atoms with van der Waals surface area (Å²) in [4.78, 5) is 4.33. The number of aliphatic hydroxyl groups excluding tert-OH is 1. The first-order valence-electron chi connectivity index (χ1n) is 7.01. The largest absolute Gasteiger partial charge is 0.379 e. The monoisotopic (exact) mass is 286 g/mol. The smallest absolute Gasteiger partial charge is 0.156 e. The van der Waals surface area contributed by atoms with Crippen molar-refractivity contribution in [1.29, 1.82) is 0 Å². The van der Waals surface area contributed by atoms with Crippen molar-refractivity contribution in [2.24, 2.45) is 0 Å². The van der Waals surface area contributed by atoms with Crippen molar-refractivity contribution >= 4 is 0 Å². The third kappa shape index (κ3) is 7.00. The first-order chi connectivity index (χ1) is 9.63. The van der Waals surface area contributed by atoms with Crippen LogP contribution >= 0.6 is 0 Å². The van der Waals surface area contributed by atoms with Crippen LogP contribution in [0.5, 0.6) is 0 Å². The maximum atomic E-state index is 9.12. The Hall–Kier alpha value is -0.950. The van der Waals surface area contributed by atoms with Gasteiger partial charge in [0.2, 0.25) is 0 Å². The van der Waals surface area contributed by atoms with Gasteiger partial charge in [-0.3, -0.25) is 0 Å². The standard InChI is InChI=1S/C14H26N2O4/c1-12(2)13-10-16(11-15-13)5-7-20-9-8-19-6-4-14(17)18-3/h10-12,14,17H,4-9H2,1-3H3. The van der Waals surface area contributed by atoms with Crippen molar-refractivity contribution < 1.29 is 19.3 Å². The highest BCUT2D eigenvalue weighted by atomic mass is 16.6. The van der Waals surface area contributed by atoms with Crippen molar-refractivity contribution in [3.05, 3.63) is 18.2 Å². The molecule has 6 nitrogen and oxygen atoms in total. The number of aliphatic hydroxyl groups is 1. The topological polar surface area (TPSA) is 65.7 Å². The van der Waals surface area contributed by atoms with Gasteiger partial charge >= 0.3 is 0 Å². The van der Waals surface area contributed by atoms with Crippen LogP contribution in [-0.4, -0.2) is 54.5 Å². The van der Waals surface area contributed by atoms with Crippen LogP contribution in [0, 0.1) is 0 Å². The highest BCUT2D eigenvalue weighted by molar-refractivity contribution is 5.01. The van der Waals surface area contributed by atoms with E-state index in [-0.39, 0.29) is 0 Å². The molecule has 0 aromatic carbocycles. The minimum atomic E-state index is -0.743. The van der Waals surface area contributed by atoms with Gasteiger partial charge in [0.1, 0.15) is 0 Å². The molecular weight excluding hydrogens is 260 g/mol. The van der Waals surface area contributed by atoms with Crippen molar-refractivity contribution in [3.63, 3.8) is 0 Å². The zero-order valence-corrected chi connectivity index (χ0v) is 12.6. The van der Waals surface area contributed by atoms with E-state index >= 15 is 0 Å². The number of hydrogen-bond acceptors (Lipinski definition) is 5. The molecule has 1 heterocycles. The molecule has 0 saturated carbocycles. The Labute approximate surface area is 120 Å². The second-order valence-electron chi connectivity index (χ2n) is 4.89. The van der Waals surface area contributed by atoms with Crippen LogP contribution in [0.4, 0.5) is 0 Å². The molecule has 0 spiro atoms. The first-order valence-corrected chi connectivity index (χ1v) is 7.01. The van der Waals surface area contributed by atoms with Gasteiger partial charge in [0.15, 0.2) is 6.29 Å². The molecule has 0 fully saturated rings. The fraction of sp³-hybridized carbons (Fsp3) is 0.786. The van der Waals surface area contributed by atoms with Crippen LogP contribution in [0.1, 0.15) is 31.9 Å². The minimum Gasteiger partial charge on any atom is -0.379 e. The van der Waals surface area contributed by atoms with Crippen LogP contribution in [0.15, 0.2) is 12.5 Å². The lowest BCUT2D eigenvalue weighted by Crippen LogP contribution is -2.14. The van der Waals surface area contributed by atoms with E-state index in [9.17, 15) is 0 Å². The highest BCUT2D eigenvalue weighted by Gasteiger charge is 2.03. The summed E-state index contributed by atoms with van der Waals surface area (Å²) >= 11 is 0. The molecule has 1 atom stereocenters. The van der Waals surface area contributed by atoms with Gasteiger partial charge in [0, 0.05) is 26.3 Å². The predicted octanol–water partition coefficient (Wildman–Crippen LogP) is 1.39. The van der Waals surface area contributed by atoms with Gasteiger partial charge < -0.3 is 23.9 Å². The number of methoxy groups -OCH3 is 1. The molecule has 1 aromatic heterocycles. The van der Waals surface area contributed by atoms with E-state index in [2.05, 4.69) is 25.0 Å². The molecule has 0 aliphatic heterocycles. The maximum absolute atomic E-state index is 9.12. The van der Waals surface area contributed by atoms with Gasteiger partial charge in [-0.1, -0.05) is 13.8 Å². The SMILES string of the molecule is COC(O)CCOCCOCCn1cnc(C(C)C)c1. The summed E-state index contributed by atoms with van der Waals surface area (Å²) in [6, 6.07) is 0. The summed E-state index contributed by atoms with van der Waals surface area (Å²) in [5, 5.41) is 9.12. The van der Waals surface area contributed by atoms with Crippen LogP contribution < -0.4 is 0 Å². The number of aromatic nitrogens is 2. The molecule has 0 radical (unpaired) electrons. The summed E-state index contributed by atoms with van der Waals surface area (Å²) in [5.41, 5.74) is 1.10. The minimum absolute atomic E-state index is 0.452. The van der Waals surface area contributed by atoms with Crippen LogP contribution in [0.2, 0.25) is 0 Å². The summed E-state index contributed by atoms with van der Waals surface area (Å²) in [6.07, 6.45) is 3.62. The quantitative estimate of drug-likeness (QED) is 0.492. The van der Waals surface area contributed by atoms with E-state index in [4.69, 9.17) is 19.3 Å². The molecular formula is C14H26N2O4. The highest BCUT2D eigenvalue weighted by Crippen LogP contribution is 2.10. The third-order valence-corrected chi connectivity index (χ3v) is 2.89. The van der Waals surface area contributed by atoms with Gasteiger partial charge in [0.05, 0.1) is 38.4 Å². The number of imidazole rings is 1. The number of nitrogens with zero attached hydrogens (tertiary/aromatic N) is 2. The Morgan fingerprint density at radius 3 is 2.50 bits per heavy atom. The zero-order valence-electron chi connectivity index (χ0n) is 12.6. The van der Waals surface area contributed by atoms with E-state index in [0.717, 1.165) is 12.2 Å². The molecule has 20 heavy (non-hydrogen) atoms. The van der Waals surface area contributed by atoms with Gasteiger partial charge in [-0.25, -0.2) is 4.98 Å². The second kappa shape index (κ2) is 9.88. The Balaban J connectivity index is 1.96. The number of ether oxygens (including phenoxy) is 3. The first kappa shape index (κ1) is 17.1. The van der Waals surface area contributed by atoms with Crippen LogP contribution in [-0.2, 0) is 20.8 Å². The fourth-order valence-corrected chi connectivity index (χ4v) is 1.59.